The molecule has 0 radical (unpaired) electrons. The van der Waals surface area contributed by atoms with Gasteiger partial charge in [0, 0.05) is 12.4 Å². The maximum absolute atomic E-state index is 11.7. The maximum Gasteiger partial charge on any atom is 0.323 e. The van der Waals surface area contributed by atoms with Crippen molar-refractivity contribution in [3.8, 4) is 0 Å². The summed E-state index contributed by atoms with van der Waals surface area (Å²) in [6.45, 7) is 3.17. The van der Waals surface area contributed by atoms with Crippen molar-refractivity contribution in [3.63, 3.8) is 0 Å². The molecule has 0 saturated carbocycles. The van der Waals surface area contributed by atoms with E-state index in [9.17, 15) is 4.79 Å². The zero-order valence-corrected chi connectivity index (χ0v) is 10.1. The van der Waals surface area contributed by atoms with Crippen LogP contribution in [0.15, 0.2) is 24.5 Å². The van der Waals surface area contributed by atoms with Crippen LogP contribution in [-0.2, 0) is 16.0 Å². The summed E-state index contributed by atoms with van der Waals surface area (Å²) in [4.78, 5) is 15.7. The molecule has 0 bridgehead atoms. The van der Waals surface area contributed by atoms with Crippen molar-refractivity contribution in [3.05, 3.63) is 30.1 Å². The van der Waals surface area contributed by atoms with Gasteiger partial charge in [0.2, 0.25) is 0 Å². The molecule has 17 heavy (non-hydrogen) atoms. The molecule has 0 unspecified atom stereocenters. The highest BCUT2D eigenvalue weighted by Gasteiger charge is 2.33. The molecule has 1 saturated heterocycles. The predicted molar refractivity (Wildman–Crippen MR) is 64.5 cm³/mol. The zero-order valence-electron chi connectivity index (χ0n) is 10.1. The molecular formula is C13H18N2O2. The van der Waals surface area contributed by atoms with Crippen LogP contribution in [0.25, 0.3) is 0 Å². The summed E-state index contributed by atoms with van der Waals surface area (Å²) in [7, 11) is 0. The van der Waals surface area contributed by atoms with Crippen LogP contribution in [0.2, 0.25) is 0 Å². The van der Waals surface area contributed by atoms with Gasteiger partial charge in [0.05, 0.1) is 6.61 Å². The average Bonchev–Trinajstić information content (AvgIpc) is 2.79. The van der Waals surface area contributed by atoms with Crippen molar-refractivity contribution in [1.82, 2.24) is 10.3 Å². The lowest BCUT2D eigenvalue weighted by molar-refractivity contribution is -0.146. The number of ether oxygens (including phenoxy) is 1. The number of hydrogen-bond acceptors (Lipinski definition) is 4. The number of rotatable bonds is 4. The third-order valence-corrected chi connectivity index (χ3v) is 3.14. The number of carbonyl (C=O) groups excluding carboxylic acids is 1. The summed E-state index contributed by atoms with van der Waals surface area (Å²) in [6, 6.07) is 3.85. The standard InChI is InChI=1S/C13H18N2O2/c1-2-17-13(16)12-11(5-8-15-12)9-10-3-6-14-7-4-10/h3-4,6-7,11-12,15H,2,5,8-9H2,1H3/t11-,12-/m1/s1. The Morgan fingerprint density at radius 3 is 3.00 bits per heavy atom. The van der Waals surface area contributed by atoms with Gasteiger partial charge in [-0.05, 0) is 49.9 Å². The number of nitrogens with one attached hydrogen (secondary N) is 1. The number of hydrogen-bond donors (Lipinski definition) is 1. The van der Waals surface area contributed by atoms with Crippen LogP contribution in [-0.4, -0.2) is 30.1 Å². The van der Waals surface area contributed by atoms with Crippen molar-refractivity contribution in [1.29, 1.82) is 0 Å². The second kappa shape index (κ2) is 5.77. The minimum absolute atomic E-state index is 0.121. The Morgan fingerprint density at radius 1 is 1.53 bits per heavy atom. The third kappa shape index (κ3) is 3.03. The average molecular weight is 234 g/mol. The molecule has 0 amide bonds. The second-order valence-electron chi connectivity index (χ2n) is 4.29. The lowest BCUT2D eigenvalue weighted by Gasteiger charge is -2.17. The van der Waals surface area contributed by atoms with E-state index in [4.69, 9.17) is 4.74 Å². The van der Waals surface area contributed by atoms with E-state index in [1.54, 1.807) is 12.4 Å². The SMILES string of the molecule is CCOC(=O)[C@@H]1NCC[C@@H]1Cc1ccncc1. The van der Waals surface area contributed by atoms with Crippen LogP contribution in [0.3, 0.4) is 0 Å². The highest BCUT2D eigenvalue weighted by molar-refractivity contribution is 5.76. The maximum atomic E-state index is 11.7. The Morgan fingerprint density at radius 2 is 2.29 bits per heavy atom. The van der Waals surface area contributed by atoms with Gasteiger partial charge in [0.1, 0.15) is 6.04 Å². The van der Waals surface area contributed by atoms with Crippen molar-refractivity contribution in [2.45, 2.75) is 25.8 Å². The largest absolute Gasteiger partial charge is 0.465 e. The van der Waals surface area contributed by atoms with E-state index in [0.29, 0.717) is 12.5 Å². The Balaban J connectivity index is 1.98. The topological polar surface area (TPSA) is 51.2 Å². The van der Waals surface area contributed by atoms with Crippen LogP contribution >= 0.6 is 0 Å². The molecule has 0 spiro atoms. The van der Waals surface area contributed by atoms with E-state index in [0.717, 1.165) is 19.4 Å². The minimum Gasteiger partial charge on any atom is -0.465 e. The fraction of sp³-hybridized carbons (Fsp3) is 0.538. The normalized spacial score (nSPS) is 23.6. The van der Waals surface area contributed by atoms with Crippen molar-refractivity contribution in [2.75, 3.05) is 13.2 Å². The highest BCUT2D eigenvalue weighted by Crippen LogP contribution is 2.21. The molecule has 4 nitrogen and oxygen atoms in total. The van der Waals surface area contributed by atoms with Gasteiger partial charge in [0.25, 0.3) is 0 Å². The van der Waals surface area contributed by atoms with Gasteiger partial charge in [-0.3, -0.25) is 9.78 Å². The van der Waals surface area contributed by atoms with Crippen LogP contribution in [0.1, 0.15) is 18.9 Å². The van der Waals surface area contributed by atoms with Crippen LogP contribution < -0.4 is 5.32 Å². The van der Waals surface area contributed by atoms with Gasteiger partial charge < -0.3 is 10.1 Å². The van der Waals surface area contributed by atoms with Gasteiger partial charge >= 0.3 is 5.97 Å². The van der Waals surface area contributed by atoms with Gasteiger partial charge in [-0.1, -0.05) is 0 Å². The molecule has 1 aromatic heterocycles. The second-order valence-corrected chi connectivity index (χ2v) is 4.29. The van der Waals surface area contributed by atoms with E-state index >= 15 is 0 Å². The molecule has 4 heteroatoms. The van der Waals surface area contributed by atoms with E-state index < -0.39 is 0 Å². The number of nitrogens with zero attached hydrogens (tertiary/aromatic N) is 1. The summed E-state index contributed by atoms with van der Waals surface area (Å²) < 4.78 is 5.08. The summed E-state index contributed by atoms with van der Waals surface area (Å²) in [5.74, 6) is 0.209. The third-order valence-electron chi connectivity index (χ3n) is 3.14. The van der Waals surface area contributed by atoms with Crippen LogP contribution in [0.4, 0.5) is 0 Å². The Labute approximate surface area is 101 Å². The van der Waals surface area contributed by atoms with Gasteiger partial charge in [-0.15, -0.1) is 0 Å². The fourth-order valence-electron chi connectivity index (χ4n) is 2.31. The molecule has 1 fully saturated rings. The zero-order chi connectivity index (χ0) is 12.1. The molecule has 92 valence electrons. The number of aromatic nitrogens is 1. The molecular weight excluding hydrogens is 216 g/mol. The smallest absolute Gasteiger partial charge is 0.323 e. The monoisotopic (exact) mass is 234 g/mol. The quantitative estimate of drug-likeness (QED) is 0.794. The lowest BCUT2D eigenvalue weighted by Crippen LogP contribution is -2.37. The van der Waals surface area contributed by atoms with Crippen molar-refractivity contribution >= 4 is 5.97 Å². The van der Waals surface area contributed by atoms with Crippen LogP contribution in [0.5, 0.6) is 0 Å². The molecule has 2 atom stereocenters. The number of carbonyl (C=O) groups is 1. The van der Waals surface area contributed by atoms with Gasteiger partial charge in [-0.25, -0.2) is 0 Å². The fourth-order valence-corrected chi connectivity index (χ4v) is 2.31. The summed E-state index contributed by atoms with van der Waals surface area (Å²) in [6.07, 6.45) is 5.50. The first-order valence-corrected chi connectivity index (χ1v) is 6.10. The molecule has 1 aliphatic heterocycles. The van der Waals surface area contributed by atoms with E-state index in [1.807, 2.05) is 19.1 Å². The molecule has 0 aromatic carbocycles. The molecule has 0 aliphatic carbocycles. The van der Waals surface area contributed by atoms with Crippen LogP contribution in [0, 0.1) is 5.92 Å². The first-order valence-electron chi connectivity index (χ1n) is 6.10. The minimum atomic E-state index is -0.150. The number of esters is 1. The molecule has 1 aliphatic rings. The molecule has 2 rings (SSSR count). The van der Waals surface area contributed by atoms with Gasteiger partial charge in [-0.2, -0.15) is 0 Å². The Kier molecular flexibility index (Phi) is 4.09. The Hall–Kier alpha value is -1.42. The highest BCUT2D eigenvalue weighted by atomic mass is 16.5. The summed E-state index contributed by atoms with van der Waals surface area (Å²) >= 11 is 0. The summed E-state index contributed by atoms with van der Waals surface area (Å²) in [5.41, 5.74) is 1.22. The lowest BCUT2D eigenvalue weighted by atomic mass is 9.93. The van der Waals surface area contributed by atoms with E-state index in [-0.39, 0.29) is 12.0 Å². The van der Waals surface area contributed by atoms with Crippen molar-refractivity contribution in [2.24, 2.45) is 5.92 Å². The number of pyridine rings is 1. The van der Waals surface area contributed by atoms with Crippen molar-refractivity contribution < 1.29 is 9.53 Å². The Bertz CT molecular complexity index is 367. The molecule has 1 N–H and O–H groups in total. The van der Waals surface area contributed by atoms with E-state index in [1.165, 1.54) is 5.56 Å². The first-order chi connectivity index (χ1) is 8.31. The predicted octanol–water partition coefficient (Wildman–Crippen LogP) is 1.17. The van der Waals surface area contributed by atoms with Gasteiger partial charge in [0.15, 0.2) is 0 Å². The first kappa shape index (κ1) is 12.0. The molecule has 2 heterocycles. The molecule has 1 aromatic rings. The van der Waals surface area contributed by atoms with E-state index in [2.05, 4.69) is 10.3 Å². The summed E-state index contributed by atoms with van der Waals surface area (Å²) in [5, 5.41) is 3.22.